The molecule has 2 rings (SSSR count). The van der Waals surface area contributed by atoms with Crippen LogP contribution in [0.15, 0.2) is 27.9 Å². The minimum atomic E-state index is -4.50. The molecular weight excluding hydrogens is 387 g/mol. The molecule has 3 N–H and O–H groups in total. The van der Waals surface area contributed by atoms with Gasteiger partial charge in [0, 0.05) is 31.2 Å². The fourth-order valence-corrected chi connectivity index (χ4v) is 2.18. The standard InChI is InChI=1S/C18H26F3N7O/c1-5-22-15(27-11-14-26-10-13(29-14)17(2,3)4)24-8-9-25-16-23-7-6-12(28-16)18(19,20)21/h6-7,10H,5,8-9,11H2,1-4H3,(H2,22,24,27)(H,23,25,28). The highest BCUT2D eigenvalue weighted by atomic mass is 19.4. The molecule has 0 aliphatic heterocycles. The first-order valence-electron chi connectivity index (χ1n) is 9.21. The number of aromatic nitrogens is 3. The van der Waals surface area contributed by atoms with Crippen molar-refractivity contribution in [3.05, 3.63) is 35.8 Å². The van der Waals surface area contributed by atoms with Gasteiger partial charge >= 0.3 is 6.18 Å². The van der Waals surface area contributed by atoms with Crippen LogP contribution in [0.25, 0.3) is 0 Å². The maximum atomic E-state index is 12.7. The zero-order chi connectivity index (χ0) is 21.5. The second kappa shape index (κ2) is 9.57. The number of halogens is 3. The molecule has 2 heterocycles. The Balaban J connectivity index is 1.86. The Hall–Kier alpha value is -2.85. The molecule has 0 unspecified atom stereocenters. The third-order valence-corrected chi connectivity index (χ3v) is 3.66. The van der Waals surface area contributed by atoms with Gasteiger partial charge in [0.25, 0.3) is 0 Å². The van der Waals surface area contributed by atoms with Crippen LogP contribution in [0.4, 0.5) is 19.1 Å². The van der Waals surface area contributed by atoms with Crippen LogP contribution in [-0.2, 0) is 18.1 Å². The highest BCUT2D eigenvalue weighted by molar-refractivity contribution is 5.79. The molecule has 0 aliphatic carbocycles. The van der Waals surface area contributed by atoms with Crippen molar-refractivity contribution in [2.45, 2.75) is 45.8 Å². The van der Waals surface area contributed by atoms with Gasteiger partial charge < -0.3 is 20.4 Å². The summed E-state index contributed by atoms with van der Waals surface area (Å²) in [5.74, 6) is 1.74. The van der Waals surface area contributed by atoms with Gasteiger partial charge in [0.05, 0.1) is 6.20 Å². The lowest BCUT2D eigenvalue weighted by Gasteiger charge is -2.13. The Morgan fingerprint density at radius 3 is 2.52 bits per heavy atom. The van der Waals surface area contributed by atoms with E-state index in [1.165, 1.54) is 0 Å². The average molecular weight is 413 g/mol. The fraction of sp³-hybridized carbons (Fsp3) is 0.556. The summed E-state index contributed by atoms with van der Waals surface area (Å²) in [4.78, 5) is 15.9. The highest BCUT2D eigenvalue weighted by Crippen LogP contribution is 2.27. The monoisotopic (exact) mass is 413 g/mol. The first-order chi connectivity index (χ1) is 13.6. The molecule has 0 aromatic carbocycles. The summed E-state index contributed by atoms with van der Waals surface area (Å²) in [5, 5.41) is 8.90. The van der Waals surface area contributed by atoms with Crippen LogP contribution < -0.4 is 16.0 Å². The van der Waals surface area contributed by atoms with Gasteiger partial charge in [0.1, 0.15) is 18.0 Å². The second-order valence-corrected chi connectivity index (χ2v) is 7.18. The van der Waals surface area contributed by atoms with Gasteiger partial charge in [-0.05, 0) is 13.0 Å². The van der Waals surface area contributed by atoms with Gasteiger partial charge in [-0.2, -0.15) is 13.2 Å². The zero-order valence-electron chi connectivity index (χ0n) is 16.9. The van der Waals surface area contributed by atoms with E-state index in [4.69, 9.17) is 4.42 Å². The predicted octanol–water partition coefficient (Wildman–Crippen LogP) is 2.95. The Labute approximate surface area is 167 Å². The molecule has 0 amide bonds. The molecule has 0 aliphatic rings. The highest BCUT2D eigenvalue weighted by Gasteiger charge is 2.32. The molecule has 0 atom stereocenters. The number of nitrogens with one attached hydrogen (secondary N) is 3. The van der Waals surface area contributed by atoms with Gasteiger partial charge in [0.15, 0.2) is 5.96 Å². The molecule has 2 aromatic heterocycles. The maximum Gasteiger partial charge on any atom is 0.433 e. The SMILES string of the molecule is CCNC(=NCc1ncc(C(C)(C)C)o1)NCCNc1nccc(C(F)(F)F)n1. The minimum Gasteiger partial charge on any atom is -0.443 e. The first-order valence-corrected chi connectivity index (χ1v) is 9.21. The molecule has 11 heteroatoms. The van der Waals surface area contributed by atoms with Crippen molar-refractivity contribution in [3.63, 3.8) is 0 Å². The van der Waals surface area contributed by atoms with Crippen molar-refractivity contribution in [2.24, 2.45) is 4.99 Å². The van der Waals surface area contributed by atoms with Crippen molar-refractivity contribution >= 4 is 11.9 Å². The number of alkyl halides is 3. The Bertz CT molecular complexity index is 812. The molecule has 0 fully saturated rings. The Morgan fingerprint density at radius 1 is 1.14 bits per heavy atom. The first kappa shape index (κ1) is 22.4. The van der Waals surface area contributed by atoms with Crippen LogP contribution >= 0.6 is 0 Å². The quantitative estimate of drug-likeness (QED) is 0.365. The molecule has 8 nitrogen and oxygen atoms in total. The number of anilines is 1. The summed E-state index contributed by atoms with van der Waals surface area (Å²) in [7, 11) is 0. The van der Waals surface area contributed by atoms with Crippen LogP contribution in [0.1, 0.15) is 45.0 Å². The number of aliphatic imine (C=N–C) groups is 1. The molecule has 0 spiro atoms. The van der Waals surface area contributed by atoms with Crippen LogP contribution in [0.5, 0.6) is 0 Å². The van der Waals surface area contributed by atoms with Crippen molar-refractivity contribution in [1.82, 2.24) is 25.6 Å². The lowest BCUT2D eigenvalue weighted by atomic mass is 9.94. The number of guanidine groups is 1. The normalized spacial score (nSPS) is 12.7. The van der Waals surface area contributed by atoms with Gasteiger partial charge in [0.2, 0.25) is 11.8 Å². The van der Waals surface area contributed by atoms with Gasteiger partial charge in [-0.15, -0.1) is 0 Å². The third-order valence-electron chi connectivity index (χ3n) is 3.66. The number of nitrogens with zero attached hydrogens (tertiary/aromatic N) is 4. The zero-order valence-corrected chi connectivity index (χ0v) is 16.9. The summed E-state index contributed by atoms with van der Waals surface area (Å²) in [6.07, 6.45) is -1.74. The minimum absolute atomic E-state index is 0.0851. The van der Waals surface area contributed by atoms with E-state index < -0.39 is 11.9 Å². The Morgan fingerprint density at radius 2 is 1.90 bits per heavy atom. The van der Waals surface area contributed by atoms with Crippen molar-refractivity contribution in [1.29, 1.82) is 0 Å². The molecule has 29 heavy (non-hydrogen) atoms. The lowest BCUT2D eigenvalue weighted by Crippen LogP contribution is -2.39. The average Bonchev–Trinajstić information content (AvgIpc) is 3.12. The van der Waals surface area contributed by atoms with Gasteiger partial charge in [-0.1, -0.05) is 20.8 Å². The van der Waals surface area contributed by atoms with E-state index in [9.17, 15) is 13.2 Å². The molecule has 0 saturated carbocycles. The van der Waals surface area contributed by atoms with Crippen molar-refractivity contribution < 1.29 is 17.6 Å². The fourth-order valence-electron chi connectivity index (χ4n) is 2.18. The van der Waals surface area contributed by atoms with E-state index >= 15 is 0 Å². The van der Waals surface area contributed by atoms with Crippen LogP contribution in [-0.4, -0.2) is 40.5 Å². The van der Waals surface area contributed by atoms with Crippen LogP contribution in [0.2, 0.25) is 0 Å². The molecule has 0 bridgehead atoms. The summed E-state index contributed by atoms with van der Waals surface area (Å²) >= 11 is 0. The van der Waals surface area contributed by atoms with Crippen LogP contribution in [0, 0.1) is 0 Å². The number of oxazole rings is 1. The largest absolute Gasteiger partial charge is 0.443 e. The topological polar surface area (TPSA) is 100 Å². The Kier molecular flexibility index (Phi) is 7.40. The number of hydrogen-bond donors (Lipinski definition) is 3. The van der Waals surface area contributed by atoms with E-state index in [1.54, 1.807) is 6.20 Å². The van der Waals surface area contributed by atoms with Gasteiger partial charge in [-0.25, -0.2) is 19.9 Å². The molecule has 160 valence electrons. The smallest absolute Gasteiger partial charge is 0.433 e. The van der Waals surface area contributed by atoms with Crippen molar-refractivity contribution in [3.8, 4) is 0 Å². The molecule has 0 saturated heterocycles. The van der Waals surface area contributed by atoms with E-state index in [-0.39, 0.29) is 17.9 Å². The summed E-state index contributed by atoms with van der Waals surface area (Å²) in [6.45, 7) is 9.64. The van der Waals surface area contributed by atoms with Crippen molar-refractivity contribution in [2.75, 3.05) is 25.0 Å². The number of hydrogen-bond acceptors (Lipinski definition) is 6. The predicted molar refractivity (Wildman–Crippen MR) is 104 cm³/mol. The summed E-state index contributed by atoms with van der Waals surface area (Å²) in [5.41, 5.74) is -1.12. The third kappa shape index (κ3) is 7.24. The summed E-state index contributed by atoms with van der Waals surface area (Å²) in [6, 6.07) is 0.826. The van der Waals surface area contributed by atoms with E-state index in [0.29, 0.717) is 31.5 Å². The van der Waals surface area contributed by atoms with E-state index in [1.807, 2.05) is 27.7 Å². The molecular formula is C18H26F3N7O. The summed E-state index contributed by atoms with van der Waals surface area (Å²) < 4.78 is 43.7. The van der Waals surface area contributed by atoms with E-state index in [0.717, 1.165) is 18.0 Å². The lowest BCUT2D eigenvalue weighted by molar-refractivity contribution is -0.141. The van der Waals surface area contributed by atoms with Gasteiger partial charge in [-0.3, -0.25) is 0 Å². The number of rotatable bonds is 7. The molecule has 2 aromatic rings. The van der Waals surface area contributed by atoms with Crippen LogP contribution in [0.3, 0.4) is 0 Å². The maximum absolute atomic E-state index is 12.7. The molecule has 0 radical (unpaired) electrons. The second-order valence-electron chi connectivity index (χ2n) is 7.18. The van der Waals surface area contributed by atoms with E-state index in [2.05, 4.69) is 35.9 Å².